The Hall–Kier alpha value is -1.63. The number of nitrogens with zero attached hydrogens (tertiary/aromatic N) is 1. The second-order valence-corrected chi connectivity index (χ2v) is 5.27. The van der Waals surface area contributed by atoms with Crippen molar-refractivity contribution in [3.05, 3.63) is 33.9 Å². The lowest BCUT2D eigenvalue weighted by Gasteiger charge is -2.19. The van der Waals surface area contributed by atoms with Gasteiger partial charge in [-0.15, -0.1) is 0 Å². The molecule has 0 saturated carbocycles. The average Bonchev–Trinajstić information content (AvgIpc) is 2.43. The zero-order chi connectivity index (χ0) is 15.3. The number of rotatable bonds is 6. The number of hydrogen-bond acceptors (Lipinski definition) is 4. The molecule has 0 bridgehead atoms. The minimum absolute atomic E-state index is 0.0383. The van der Waals surface area contributed by atoms with Gasteiger partial charge in [0, 0.05) is 23.0 Å². The fraction of sp³-hybridized carbons (Fsp3) is 0.462. The van der Waals surface area contributed by atoms with E-state index in [9.17, 15) is 14.9 Å². The summed E-state index contributed by atoms with van der Waals surface area (Å²) in [7, 11) is 1.35. The van der Waals surface area contributed by atoms with Gasteiger partial charge < -0.3 is 10.1 Å². The van der Waals surface area contributed by atoms with Crippen molar-refractivity contribution in [1.29, 1.82) is 0 Å². The first-order valence-electron chi connectivity index (χ1n) is 6.10. The predicted molar refractivity (Wildman–Crippen MR) is 79.5 cm³/mol. The number of halogens is 1. The minimum atomic E-state index is -0.569. The Kier molecular flexibility index (Phi) is 5.94. The van der Waals surface area contributed by atoms with E-state index in [2.05, 4.69) is 21.2 Å². The summed E-state index contributed by atoms with van der Waals surface area (Å²) in [5.41, 5.74) is 0.0178. The standard InChI is InChI=1S/C13H17BrN2O4/c1-8(2)10(7-14)15-13(17)9-4-5-12(20-3)11(6-9)16(18)19/h4-6,8,10H,7H2,1-3H3,(H,15,17). The number of nitrogens with one attached hydrogen (secondary N) is 1. The maximum Gasteiger partial charge on any atom is 0.311 e. The molecule has 0 aliphatic carbocycles. The van der Waals surface area contributed by atoms with Gasteiger partial charge >= 0.3 is 5.69 Å². The van der Waals surface area contributed by atoms with Gasteiger partial charge in [0.1, 0.15) is 0 Å². The van der Waals surface area contributed by atoms with E-state index in [0.29, 0.717) is 5.33 Å². The van der Waals surface area contributed by atoms with E-state index in [-0.39, 0.29) is 34.9 Å². The Morgan fingerprint density at radius 1 is 1.50 bits per heavy atom. The summed E-state index contributed by atoms with van der Waals surface area (Å²) in [6, 6.07) is 4.11. The van der Waals surface area contributed by atoms with Gasteiger partial charge in [0.05, 0.1) is 12.0 Å². The highest BCUT2D eigenvalue weighted by atomic mass is 79.9. The highest BCUT2D eigenvalue weighted by molar-refractivity contribution is 9.09. The second kappa shape index (κ2) is 7.23. The van der Waals surface area contributed by atoms with Crippen molar-refractivity contribution in [1.82, 2.24) is 5.32 Å². The van der Waals surface area contributed by atoms with Crippen molar-refractivity contribution in [2.45, 2.75) is 19.9 Å². The third-order valence-electron chi connectivity index (χ3n) is 2.93. The summed E-state index contributed by atoms with van der Waals surface area (Å²) < 4.78 is 4.90. The van der Waals surface area contributed by atoms with Crippen LogP contribution in [-0.4, -0.2) is 29.3 Å². The zero-order valence-electron chi connectivity index (χ0n) is 11.6. The van der Waals surface area contributed by atoms with Gasteiger partial charge in [-0.25, -0.2) is 0 Å². The summed E-state index contributed by atoms with van der Waals surface area (Å²) in [6.45, 7) is 3.98. The van der Waals surface area contributed by atoms with Crippen LogP contribution in [0.25, 0.3) is 0 Å². The molecule has 0 radical (unpaired) electrons. The second-order valence-electron chi connectivity index (χ2n) is 4.62. The monoisotopic (exact) mass is 344 g/mol. The fourth-order valence-electron chi connectivity index (χ4n) is 1.61. The molecule has 7 heteroatoms. The molecule has 0 spiro atoms. The molecular formula is C13H17BrN2O4. The van der Waals surface area contributed by atoms with Gasteiger partial charge in [0.15, 0.2) is 5.75 Å². The molecule has 1 aromatic rings. The van der Waals surface area contributed by atoms with E-state index in [1.54, 1.807) is 0 Å². The van der Waals surface area contributed by atoms with E-state index in [1.807, 2.05) is 13.8 Å². The fourth-order valence-corrected chi connectivity index (χ4v) is 2.52. The van der Waals surface area contributed by atoms with Crippen LogP contribution < -0.4 is 10.1 Å². The lowest BCUT2D eigenvalue weighted by molar-refractivity contribution is -0.385. The van der Waals surface area contributed by atoms with Crippen molar-refractivity contribution in [3.63, 3.8) is 0 Å². The molecule has 0 aliphatic rings. The highest BCUT2D eigenvalue weighted by Crippen LogP contribution is 2.27. The molecule has 20 heavy (non-hydrogen) atoms. The third kappa shape index (κ3) is 3.93. The van der Waals surface area contributed by atoms with Crippen LogP contribution in [0.15, 0.2) is 18.2 Å². The third-order valence-corrected chi connectivity index (χ3v) is 3.62. The molecule has 6 nitrogen and oxygen atoms in total. The quantitative estimate of drug-likeness (QED) is 0.488. The van der Waals surface area contributed by atoms with E-state index >= 15 is 0 Å². The Bertz CT molecular complexity index is 505. The van der Waals surface area contributed by atoms with Crippen molar-refractivity contribution >= 4 is 27.5 Å². The van der Waals surface area contributed by atoms with Gasteiger partial charge in [-0.1, -0.05) is 29.8 Å². The van der Waals surface area contributed by atoms with E-state index < -0.39 is 4.92 Å². The lowest BCUT2D eigenvalue weighted by Crippen LogP contribution is -2.39. The molecule has 0 aromatic heterocycles. The van der Waals surface area contributed by atoms with Crippen LogP contribution in [0.2, 0.25) is 0 Å². The van der Waals surface area contributed by atoms with Crippen molar-refractivity contribution in [2.24, 2.45) is 5.92 Å². The summed E-state index contributed by atoms with van der Waals surface area (Å²) in [4.78, 5) is 22.5. The number of amides is 1. The SMILES string of the molecule is COc1ccc(C(=O)NC(CBr)C(C)C)cc1[N+](=O)[O-]. The number of nitro benzene ring substituents is 1. The number of hydrogen-bond donors (Lipinski definition) is 1. The largest absolute Gasteiger partial charge is 0.490 e. The van der Waals surface area contributed by atoms with Crippen LogP contribution >= 0.6 is 15.9 Å². The van der Waals surface area contributed by atoms with Crippen LogP contribution in [0.3, 0.4) is 0 Å². The Morgan fingerprint density at radius 3 is 2.60 bits per heavy atom. The first-order chi connectivity index (χ1) is 9.40. The lowest BCUT2D eigenvalue weighted by atomic mass is 10.1. The van der Waals surface area contributed by atoms with Gasteiger partial charge in [0.2, 0.25) is 0 Å². The number of carbonyl (C=O) groups excluding carboxylic acids is 1. The number of alkyl halides is 1. The highest BCUT2D eigenvalue weighted by Gasteiger charge is 2.20. The van der Waals surface area contributed by atoms with E-state index in [1.165, 1.54) is 25.3 Å². The molecule has 1 unspecified atom stereocenters. The van der Waals surface area contributed by atoms with Gasteiger partial charge in [-0.05, 0) is 18.1 Å². The van der Waals surface area contributed by atoms with Gasteiger partial charge in [-0.2, -0.15) is 0 Å². The maximum atomic E-state index is 12.1. The number of carbonyl (C=O) groups is 1. The Morgan fingerprint density at radius 2 is 2.15 bits per heavy atom. The van der Waals surface area contributed by atoms with Crippen molar-refractivity contribution < 1.29 is 14.5 Å². The first-order valence-corrected chi connectivity index (χ1v) is 7.22. The Balaban J connectivity index is 2.99. The smallest absolute Gasteiger partial charge is 0.311 e. The van der Waals surface area contributed by atoms with Gasteiger partial charge in [0.25, 0.3) is 5.91 Å². The van der Waals surface area contributed by atoms with Crippen LogP contribution in [-0.2, 0) is 0 Å². The number of nitro groups is 1. The van der Waals surface area contributed by atoms with Crippen LogP contribution in [0.4, 0.5) is 5.69 Å². The first kappa shape index (κ1) is 16.4. The van der Waals surface area contributed by atoms with Crippen molar-refractivity contribution in [2.75, 3.05) is 12.4 Å². The molecule has 1 amide bonds. The normalized spacial score (nSPS) is 12.1. The zero-order valence-corrected chi connectivity index (χ0v) is 13.1. The molecule has 0 fully saturated rings. The van der Waals surface area contributed by atoms with E-state index in [4.69, 9.17) is 4.74 Å². The number of benzene rings is 1. The molecule has 0 saturated heterocycles. The number of methoxy groups -OCH3 is 1. The predicted octanol–water partition coefficient (Wildman–Crippen LogP) is 2.75. The molecule has 1 N–H and O–H groups in total. The van der Waals surface area contributed by atoms with Crippen LogP contribution in [0.5, 0.6) is 5.75 Å². The maximum absolute atomic E-state index is 12.1. The van der Waals surface area contributed by atoms with Crippen LogP contribution in [0, 0.1) is 16.0 Å². The summed E-state index contributed by atoms with van der Waals surface area (Å²) in [5.74, 6) is 0.0490. The summed E-state index contributed by atoms with van der Waals surface area (Å²) >= 11 is 3.34. The molecular weight excluding hydrogens is 328 g/mol. The summed E-state index contributed by atoms with van der Waals surface area (Å²) in [5, 5.41) is 14.4. The minimum Gasteiger partial charge on any atom is -0.490 e. The molecule has 0 aliphatic heterocycles. The topological polar surface area (TPSA) is 81.5 Å². The van der Waals surface area contributed by atoms with Crippen LogP contribution in [0.1, 0.15) is 24.2 Å². The molecule has 0 heterocycles. The molecule has 1 rings (SSSR count). The van der Waals surface area contributed by atoms with E-state index in [0.717, 1.165) is 0 Å². The summed E-state index contributed by atoms with van der Waals surface area (Å²) in [6.07, 6.45) is 0. The Labute approximate surface area is 125 Å². The molecule has 1 atom stereocenters. The molecule has 1 aromatic carbocycles. The average molecular weight is 345 g/mol. The van der Waals surface area contributed by atoms with Crippen molar-refractivity contribution in [3.8, 4) is 5.75 Å². The van der Waals surface area contributed by atoms with Gasteiger partial charge in [-0.3, -0.25) is 14.9 Å². The number of ether oxygens (including phenoxy) is 1. The molecule has 110 valence electrons.